The van der Waals surface area contributed by atoms with E-state index < -0.39 is 6.10 Å². The Morgan fingerprint density at radius 3 is 0.917 bits per heavy atom. The van der Waals surface area contributed by atoms with Gasteiger partial charge in [-0.05, 0) is 83.5 Å². The lowest BCUT2D eigenvalue weighted by atomic mass is 10.0. The Balaban J connectivity index is 3.39. The monoisotopic (exact) mass is 1000 g/mol. The standard InChI is InChI=1S/C67H120O5/c1-3-5-7-9-11-13-15-17-19-21-22-23-24-25-26-27-28-29-30-31-32-33-34-35-36-37-38-39-40-41-42-43-44-46-48-50-52-54-56-58-60-62-67(70)72-65(63-68)64-71-66(69)61-59-57-55-53-51-49-47-45-20-18-16-14-12-10-8-6-4-2/h5,7,11,13,17-20,22-23,25-26,65,68H,3-4,6,8-10,12,14-16,21,24,27-64H2,1-2H3/b7-5-,13-11-,19-17-,20-18-,23-22-,26-25-. The smallest absolute Gasteiger partial charge is 0.306 e. The Morgan fingerprint density at radius 2 is 0.597 bits per heavy atom. The van der Waals surface area contributed by atoms with Crippen LogP contribution in [-0.2, 0) is 19.1 Å². The van der Waals surface area contributed by atoms with Crippen LogP contribution in [0.15, 0.2) is 72.9 Å². The molecule has 1 unspecified atom stereocenters. The van der Waals surface area contributed by atoms with Crippen LogP contribution in [0.25, 0.3) is 0 Å². The third-order valence-electron chi connectivity index (χ3n) is 14.0. The van der Waals surface area contributed by atoms with Crippen molar-refractivity contribution in [3.05, 3.63) is 72.9 Å². The quantitative estimate of drug-likeness (QED) is 0.0373. The van der Waals surface area contributed by atoms with Gasteiger partial charge < -0.3 is 14.6 Å². The number of aliphatic hydroxyl groups excluding tert-OH is 1. The molecule has 72 heavy (non-hydrogen) atoms. The number of esters is 2. The van der Waals surface area contributed by atoms with Crippen LogP contribution in [0.3, 0.4) is 0 Å². The van der Waals surface area contributed by atoms with Crippen molar-refractivity contribution in [2.24, 2.45) is 0 Å². The van der Waals surface area contributed by atoms with Gasteiger partial charge >= 0.3 is 11.9 Å². The molecule has 1 atom stereocenters. The zero-order chi connectivity index (χ0) is 52.0. The second-order valence-electron chi connectivity index (χ2n) is 21.1. The molecule has 5 heteroatoms. The number of ether oxygens (including phenoxy) is 2. The molecular formula is C67H120O5. The van der Waals surface area contributed by atoms with Crippen molar-refractivity contribution in [3.63, 3.8) is 0 Å². The minimum Gasteiger partial charge on any atom is -0.462 e. The van der Waals surface area contributed by atoms with Crippen LogP contribution in [-0.4, -0.2) is 36.4 Å². The van der Waals surface area contributed by atoms with E-state index in [1.807, 2.05) is 0 Å². The summed E-state index contributed by atoms with van der Waals surface area (Å²) in [5, 5.41) is 9.66. The highest BCUT2D eigenvalue weighted by Crippen LogP contribution is 2.17. The van der Waals surface area contributed by atoms with Crippen molar-refractivity contribution in [2.45, 2.75) is 328 Å². The molecule has 0 saturated heterocycles. The fourth-order valence-corrected chi connectivity index (χ4v) is 9.29. The maximum atomic E-state index is 12.3. The van der Waals surface area contributed by atoms with Gasteiger partial charge in [-0.3, -0.25) is 9.59 Å². The number of carbonyl (C=O) groups is 2. The second kappa shape index (κ2) is 62.6. The van der Waals surface area contributed by atoms with Gasteiger partial charge in [0.1, 0.15) is 6.61 Å². The number of carbonyl (C=O) groups excluding carboxylic acids is 2. The topological polar surface area (TPSA) is 72.8 Å². The van der Waals surface area contributed by atoms with Crippen LogP contribution in [0.2, 0.25) is 0 Å². The molecule has 418 valence electrons. The Bertz CT molecular complexity index is 1270. The molecule has 0 aliphatic rings. The molecule has 0 aromatic rings. The minimum absolute atomic E-state index is 0.0648. The molecular weight excluding hydrogens is 885 g/mol. The molecule has 0 spiro atoms. The molecule has 1 N–H and O–H groups in total. The van der Waals surface area contributed by atoms with E-state index in [0.717, 1.165) is 70.6 Å². The largest absolute Gasteiger partial charge is 0.462 e. The summed E-state index contributed by atoms with van der Waals surface area (Å²) >= 11 is 0. The van der Waals surface area contributed by atoms with Crippen molar-refractivity contribution in [1.29, 1.82) is 0 Å². The van der Waals surface area contributed by atoms with E-state index in [2.05, 4.69) is 86.8 Å². The summed E-state index contributed by atoms with van der Waals surface area (Å²) in [6, 6.07) is 0. The van der Waals surface area contributed by atoms with Gasteiger partial charge in [-0.25, -0.2) is 0 Å². The first-order chi connectivity index (χ1) is 35.6. The van der Waals surface area contributed by atoms with E-state index >= 15 is 0 Å². The van der Waals surface area contributed by atoms with Gasteiger partial charge in [-0.2, -0.15) is 0 Å². The molecule has 5 nitrogen and oxygen atoms in total. The van der Waals surface area contributed by atoms with Gasteiger partial charge in [-0.15, -0.1) is 0 Å². The van der Waals surface area contributed by atoms with Gasteiger partial charge in [0.15, 0.2) is 6.10 Å². The van der Waals surface area contributed by atoms with E-state index in [4.69, 9.17) is 9.47 Å². The Morgan fingerprint density at radius 1 is 0.333 bits per heavy atom. The fourth-order valence-electron chi connectivity index (χ4n) is 9.29. The van der Waals surface area contributed by atoms with Gasteiger partial charge in [0.05, 0.1) is 6.61 Å². The first-order valence-electron chi connectivity index (χ1n) is 31.5. The van der Waals surface area contributed by atoms with Crippen molar-refractivity contribution >= 4 is 11.9 Å². The first kappa shape index (κ1) is 69.3. The molecule has 0 aromatic heterocycles. The Kier molecular flexibility index (Phi) is 60.3. The van der Waals surface area contributed by atoms with Gasteiger partial charge in [0.2, 0.25) is 0 Å². The fraction of sp³-hybridized carbons (Fsp3) is 0.791. The third kappa shape index (κ3) is 59.9. The highest BCUT2D eigenvalue weighted by molar-refractivity contribution is 5.70. The summed E-state index contributed by atoms with van der Waals surface area (Å²) < 4.78 is 10.7. The summed E-state index contributed by atoms with van der Waals surface area (Å²) in [7, 11) is 0. The Labute approximate surface area is 448 Å². The van der Waals surface area contributed by atoms with Crippen LogP contribution >= 0.6 is 0 Å². The summed E-state index contributed by atoms with van der Waals surface area (Å²) in [6.45, 7) is 4.05. The van der Waals surface area contributed by atoms with Crippen molar-refractivity contribution in [1.82, 2.24) is 0 Å². The summed E-state index contributed by atoms with van der Waals surface area (Å²) in [4.78, 5) is 24.5. The van der Waals surface area contributed by atoms with Crippen molar-refractivity contribution < 1.29 is 24.2 Å². The molecule has 0 amide bonds. The molecule has 0 aromatic carbocycles. The first-order valence-corrected chi connectivity index (χ1v) is 31.5. The Hall–Kier alpha value is -2.66. The molecule has 0 radical (unpaired) electrons. The summed E-state index contributed by atoms with van der Waals surface area (Å²) in [5.74, 6) is -0.581. The summed E-state index contributed by atoms with van der Waals surface area (Å²) in [6.07, 6.45) is 86.3. The maximum absolute atomic E-state index is 12.3. The molecule has 0 heterocycles. The zero-order valence-corrected chi connectivity index (χ0v) is 47.9. The van der Waals surface area contributed by atoms with E-state index in [-0.39, 0.29) is 25.2 Å². The van der Waals surface area contributed by atoms with E-state index in [1.165, 1.54) is 225 Å². The molecule has 0 saturated carbocycles. The van der Waals surface area contributed by atoms with Crippen LogP contribution in [0, 0.1) is 0 Å². The number of aliphatic hydroxyl groups is 1. The van der Waals surface area contributed by atoms with Gasteiger partial charge in [0.25, 0.3) is 0 Å². The van der Waals surface area contributed by atoms with Gasteiger partial charge in [0, 0.05) is 12.8 Å². The molecule has 0 aliphatic heterocycles. The highest BCUT2D eigenvalue weighted by Gasteiger charge is 2.16. The average molecular weight is 1010 g/mol. The van der Waals surface area contributed by atoms with Crippen LogP contribution in [0.4, 0.5) is 0 Å². The van der Waals surface area contributed by atoms with Gasteiger partial charge in [-0.1, -0.05) is 299 Å². The SMILES string of the molecule is CC/C=C\C/C=C\C/C=C\C/C=C\C/C=C\CCCCCCCCCCCCCCCCCCCCCCCCCCCC(=O)OC(CO)COC(=O)CCCCCCCCC/C=C\CCCCCCCC. The lowest BCUT2D eigenvalue weighted by Gasteiger charge is -2.15. The lowest BCUT2D eigenvalue weighted by molar-refractivity contribution is -0.161. The van der Waals surface area contributed by atoms with E-state index in [1.54, 1.807) is 0 Å². The number of allylic oxidation sites excluding steroid dienone is 12. The van der Waals surface area contributed by atoms with Crippen LogP contribution in [0.5, 0.6) is 0 Å². The lowest BCUT2D eigenvalue weighted by Crippen LogP contribution is -2.28. The number of hydrogen-bond donors (Lipinski definition) is 1. The zero-order valence-electron chi connectivity index (χ0n) is 47.9. The van der Waals surface area contributed by atoms with Crippen LogP contribution < -0.4 is 0 Å². The maximum Gasteiger partial charge on any atom is 0.306 e. The third-order valence-corrected chi connectivity index (χ3v) is 14.0. The predicted octanol–water partition coefficient (Wildman–Crippen LogP) is 21.5. The van der Waals surface area contributed by atoms with E-state index in [0.29, 0.717) is 12.8 Å². The van der Waals surface area contributed by atoms with Crippen LogP contribution in [0.1, 0.15) is 322 Å². The van der Waals surface area contributed by atoms with E-state index in [9.17, 15) is 14.7 Å². The normalized spacial score (nSPS) is 12.7. The number of unbranched alkanes of at least 4 members (excludes halogenated alkanes) is 38. The molecule has 0 fully saturated rings. The highest BCUT2D eigenvalue weighted by atomic mass is 16.6. The second-order valence-corrected chi connectivity index (χ2v) is 21.1. The van der Waals surface area contributed by atoms with Crippen molar-refractivity contribution in [3.8, 4) is 0 Å². The average Bonchev–Trinajstić information content (AvgIpc) is 3.38. The molecule has 0 rings (SSSR count). The molecule has 0 bridgehead atoms. The number of hydrogen-bond acceptors (Lipinski definition) is 5. The molecule has 0 aliphatic carbocycles. The number of rotatable bonds is 58. The predicted molar refractivity (Wildman–Crippen MR) is 316 cm³/mol. The summed E-state index contributed by atoms with van der Waals surface area (Å²) in [5.41, 5.74) is 0. The minimum atomic E-state index is -0.773. The van der Waals surface area contributed by atoms with Crippen molar-refractivity contribution in [2.75, 3.05) is 13.2 Å².